The Hall–Kier alpha value is -2.66. The number of rotatable bonds is 4. The third kappa shape index (κ3) is 3.31. The first kappa shape index (κ1) is 18.7. The Morgan fingerprint density at radius 2 is 1.71 bits per heavy atom. The van der Waals surface area contributed by atoms with E-state index in [1.54, 1.807) is 6.07 Å². The van der Waals surface area contributed by atoms with Gasteiger partial charge in [-0.05, 0) is 37.1 Å². The Balaban J connectivity index is 1.61. The fourth-order valence-corrected chi connectivity index (χ4v) is 4.72. The molecule has 0 aliphatic carbocycles. The number of benzene rings is 2. The van der Waals surface area contributed by atoms with Crippen molar-refractivity contribution in [3.63, 3.8) is 0 Å². The molecule has 2 aromatic carbocycles. The van der Waals surface area contributed by atoms with Gasteiger partial charge in [0.05, 0.1) is 12.7 Å². The topological polar surface area (TPSA) is 55.8 Å². The normalized spacial score (nSPS) is 26.6. The predicted molar refractivity (Wildman–Crippen MR) is 106 cm³/mol. The molecule has 0 unspecified atom stereocenters. The van der Waals surface area contributed by atoms with Gasteiger partial charge in [-0.25, -0.2) is 4.79 Å². The van der Waals surface area contributed by atoms with Crippen LogP contribution in [-0.2, 0) is 14.3 Å². The Bertz CT molecular complexity index is 866. The second-order valence-corrected chi connectivity index (χ2v) is 7.60. The molecule has 0 amide bonds. The van der Waals surface area contributed by atoms with Gasteiger partial charge in [0.15, 0.2) is 0 Å². The summed E-state index contributed by atoms with van der Waals surface area (Å²) in [5.41, 5.74) is 2.31. The van der Waals surface area contributed by atoms with Crippen LogP contribution in [0.25, 0.3) is 11.1 Å². The van der Waals surface area contributed by atoms with E-state index in [2.05, 4.69) is 4.90 Å². The highest BCUT2D eigenvalue weighted by molar-refractivity contribution is 5.97. The molecule has 0 aromatic heterocycles. The Labute approximate surface area is 165 Å². The van der Waals surface area contributed by atoms with Crippen LogP contribution in [0, 0.1) is 5.92 Å². The standard InChI is InChI=1S/C23H25NO4/c1-24-16-12-13-19(24)21(23(26)27-2)20(14-16)28-22(25)18-11-7-6-10-17(18)15-8-4-3-5-9-15/h3-11,16,19-21H,12-14H2,1-2H3/t16-,19+,20-,21+/m0/s1. The predicted octanol–water partition coefficient (Wildman–Crippen LogP) is 3.53. The van der Waals surface area contributed by atoms with Gasteiger partial charge in [-0.15, -0.1) is 0 Å². The molecule has 2 fully saturated rings. The van der Waals surface area contributed by atoms with E-state index in [9.17, 15) is 9.59 Å². The molecular weight excluding hydrogens is 354 g/mol. The molecule has 146 valence electrons. The second kappa shape index (κ2) is 7.76. The number of nitrogens with zero attached hydrogens (tertiary/aromatic N) is 1. The molecule has 28 heavy (non-hydrogen) atoms. The highest BCUT2D eigenvalue weighted by Gasteiger charge is 2.51. The van der Waals surface area contributed by atoms with Crippen LogP contribution in [-0.4, -0.2) is 49.2 Å². The number of methoxy groups -OCH3 is 1. The van der Waals surface area contributed by atoms with Crippen molar-refractivity contribution >= 4 is 11.9 Å². The molecule has 5 heteroatoms. The third-order valence-corrected chi connectivity index (χ3v) is 6.18. The molecular formula is C23H25NO4. The Morgan fingerprint density at radius 3 is 2.46 bits per heavy atom. The van der Waals surface area contributed by atoms with Gasteiger partial charge in [0.25, 0.3) is 0 Å². The number of hydrogen-bond acceptors (Lipinski definition) is 5. The molecule has 4 rings (SSSR count). The minimum Gasteiger partial charge on any atom is -0.469 e. The van der Waals surface area contributed by atoms with Crippen LogP contribution >= 0.6 is 0 Å². The van der Waals surface area contributed by atoms with Crippen molar-refractivity contribution in [3.8, 4) is 11.1 Å². The number of carbonyl (C=O) groups excluding carboxylic acids is 2. The lowest BCUT2D eigenvalue weighted by Crippen LogP contribution is -2.53. The highest BCUT2D eigenvalue weighted by atomic mass is 16.6. The molecule has 2 aromatic rings. The van der Waals surface area contributed by atoms with Gasteiger partial charge in [0, 0.05) is 18.5 Å². The smallest absolute Gasteiger partial charge is 0.339 e. The minimum atomic E-state index is -0.461. The van der Waals surface area contributed by atoms with E-state index < -0.39 is 12.0 Å². The van der Waals surface area contributed by atoms with E-state index in [-0.39, 0.29) is 18.0 Å². The number of hydrogen-bond donors (Lipinski definition) is 0. The van der Waals surface area contributed by atoms with E-state index in [1.165, 1.54) is 7.11 Å². The molecule has 2 saturated heterocycles. The summed E-state index contributed by atoms with van der Waals surface area (Å²) in [5.74, 6) is -1.13. The van der Waals surface area contributed by atoms with E-state index in [4.69, 9.17) is 9.47 Å². The summed E-state index contributed by atoms with van der Waals surface area (Å²) in [5, 5.41) is 0. The number of esters is 2. The Kier molecular flexibility index (Phi) is 5.18. The third-order valence-electron chi connectivity index (χ3n) is 6.18. The second-order valence-electron chi connectivity index (χ2n) is 7.60. The number of carbonyl (C=O) groups is 2. The number of fused-ring (bicyclic) bond motifs is 2. The number of piperidine rings is 1. The maximum atomic E-state index is 13.1. The first-order valence-corrected chi connectivity index (χ1v) is 9.75. The van der Waals surface area contributed by atoms with Crippen LogP contribution in [0.3, 0.4) is 0 Å². The lowest BCUT2D eigenvalue weighted by atomic mass is 9.87. The van der Waals surface area contributed by atoms with Crippen molar-refractivity contribution in [2.45, 2.75) is 37.5 Å². The van der Waals surface area contributed by atoms with Crippen molar-refractivity contribution in [2.24, 2.45) is 5.92 Å². The van der Waals surface area contributed by atoms with Crippen molar-refractivity contribution in [2.75, 3.05) is 14.2 Å². The first-order chi connectivity index (χ1) is 13.6. The van der Waals surface area contributed by atoms with E-state index >= 15 is 0 Å². The summed E-state index contributed by atoms with van der Waals surface area (Å²) < 4.78 is 11.0. The monoisotopic (exact) mass is 379 g/mol. The summed E-state index contributed by atoms with van der Waals surface area (Å²) in [4.78, 5) is 27.8. The van der Waals surface area contributed by atoms with Gasteiger partial charge in [-0.2, -0.15) is 0 Å². The van der Waals surface area contributed by atoms with E-state index in [1.807, 2.05) is 55.6 Å². The highest BCUT2D eigenvalue weighted by Crippen LogP contribution is 2.40. The van der Waals surface area contributed by atoms with Crippen molar-refractivity contribution in [3.05, 3.63) is 60.2 Å². The van der Waals surface area contributed by atoms with Crippen LogP contribution in [0.15, 0.2) is 54.6 Å². The van der Waals surface area contributed by atoms with Crippen LogP contribution in [0.1, 0.15) is 29.6 Å². The number of ether oxygens (including phenoxy) is 2. The molecule has 0 N–H and O–H groups in total. The molecule has 2 aliphatic heterocycles. The first-order valence-electron chi connectivity index (χ1n) is 9.75. The van der Waals surface area contributed by atoms with Gasteiger partial charge in [0.2, 0.25) is 0 Å². The van der Waals surface area contributed by atoms with E-state index in [0.717, 1.165) is 24.0 Å². The molecule has 4 atom stereocenters. The zero-order chi connectivity index (χ0) is 19.7. The van der Waals surface area contributed by atoms with Crippen molar-refractivity contribution < 1.29 is 19.1 Å². The lowest BCUT2D eigenvalue weighted by molar-refractivity contribution is -0.156. The zero-order valence-electron chi connectivity index (χ0n) is 16.2. The largest absolute Gasteiger partial charge is 0.469 e. The fourth-order valence-electron chi connectivity index (χ4n) is 4.72. The van der Waals surface area contributed by atoms with Crippen LogP contribution in [0.4, 0.5) is 0 Å². The average Bonchev–Trinajstić information content (AvgIpc) is 2.97. The maximum absolute atomic E-state index is 13.1. The summed E-state index contributed by atoms with van der Waals surface area (Å²) in [6, 6.07) is 17.6. The summed E-state index contributed by atoms with van der Waals surface area (Å²) in [7, 11) is 3.44. The van der Waals surface area contributed by atoms with Crippen LogP contribution < -0.4 is 0 Å². The van der Waals surface area contributed by atoms with Crippen LogP contribution in [0.2, 0.25) is 0 Å². The lowest BCUT2D eigenvalue weighted by Gasteiger charge is -2.40. The van der Waals surface area contributed by atoms with Crippen LogP contribution in [0.5, 0.6) is 0 Å². The SMILES string of the molecule is COC(=O)[C@H]1[C@@H](OC(=O)c2ccccc2-c2ccccc2)C[C@@H]2CC[C@H]1N2C. The average molecular weight is 379 g/mol. The quantitative estimate of drug-likeness (QED) is 0.761. The van der Waals surface area contributed by atoms with E-state index in [0.29, 0.717) is 18.0 Å². The summed E-state index contributed by atoms with van der Waals surface area (Å²) in [6.45, 7) is 0. The molecule has 5 nitrogen and oxygen atoms in total. The fraction of sp³-hybridized carbons (Fsp3) is 0.391. The molecule has 2 heterocycles. The zero-order valence-corrected chi connectivity index (χ0v) is 16.2. The molecule has 0 saturated carbocycles. The van der Waals surface area contributed by atoms with Gasteiger partial charge in [-0.1, -0.05) is 48.5 Å². The molecule has 0 spiro atoms. The van der Waals surface area contributed by atoms with Gasteiger partial charge >= 0.3 is 11.9 Å². The van der Waals surface area contributed by atoms with Gasteiger partial charge in [0.1, 0.15) is 12.0 Å². The molecule has 2 aliphatic rings. The van der Waals surface area contributed by atoms with Gasteiger partial charge < -0.3 is 9.47 Å². The summed E-state index contributed by atoms with van der Waals surface area (Å²) >= 11 is 0. The summed E-state index contributed by atoms with van der Waals surface area (Å²) in [6.07, 6.45) is 2.14. The molecule has 0 radical (unpaired) electrons. The van der Waals surface area contributed by atoms with Gasteiger partial charge in [-0.3, -0.25) is 9.69 Å². The molecule has 2 bridgehead atoms. The maximum Gasteiger partial charge on any atom is 0.339 e. The van der Waals surface area contributed by atoms with Crippen molar-refractivity contribution in [1.82, 2.24) is 4.90 Å². The minimum absolute atomic E-state index is 0.0633. The Morgan fingerprint density at radius 1 is 1.00 bits per heavy atom. The van der Waals surface area contributed by atoms with Crippen molar-refractivity contribution in [1.29, 1.82) is 0 Å².